The van der Waals surface area contributed by atoms with Gasteiger partial charge in [0.2, 0.25) is 11.8 Å². The van der Waals surface area contributed by atoms with Crippen molar-refractivity contribution in [3.8, 4) is 0 Å². The Kier molecular flexibility index (Phi) is 10.8. The number of amides is 3. The van der Waals surface area contributed by atoms with Crippen molar-refractivity contribution >= 4 is 17.9 Å². The fourth-order valence-corrected chi connectivity index (χ4v) is 3.92. The van der Waals surface area contributed by atoms with Crippen molar-refractivity contribution in [2.45, 2.75) is 112 Å². The average molecular weight is 490 g/mol. The van der Waals surface area contributed by atoms with Gasteiger partial charge in [-0.05, 0) is 78.9 Å². The Hall–Kier alpha value is -2.57. The van der Waals surface area contributed by atoms with Crippen molar-refractivity contribution in [3.63, 3.8) is 0 Å². The molecule has 7 nitrogen and oxygen atoms in total. The highest BCUT2D eigenvalue weighted by atomic mass is 16.6. The summed E-state index contributed by atoms with van der Waals surface area (Å²) in [6, 6.07) is 4.25. The van der Waals surface area contributed by atoms with Gasteiger partial charge in [0.05, 0.1) is 0 Å². The van der Waals surface area contributed by atoms with E-state index >= 15 is 0 Å². The summed E-state index contributed by atoms with van der Waals surface area (Å²) in [4.78, 5) is 42.0. The molecule has 7 heteroatoms. The largest absolute Gasteiger partial charge is 0.444 e. The molecule has 0 aromatic heterocycles. The minimum atomic E-state index is -0.825. The second-order valence-corrected chi connectivity index (χ2v) is 11.5. The van der Waals surface area contributed by atoms with Gasteiger partial charge in [-0.15, -0.1) is 0 Å². The van der Waals surface area contributed by atoms with Crippen LogP contribution >= 0.6 is 0 Å². The number of rotatable bonds is 9. The summed E-state index contributed by atoms with van der Waals surface area (Å²) in [5.41, 5.74) is 1.63. The van der Waals surface area contributed by atoms with E-state index < -0.39 is 29.3 Å². The summed E-state index contributed by atoms with van der Waals surface area (Å²) in [5.74, 6) is -0.688. The molecule has 1 aromatic rings. The lowest BCUT2D eigenvalue weighted by molar-refractivity contribution is -0.144. The monoisotopic (exact) mass is 489 g/mol. The Morgan fingerprint density at radius 3 is 2.09 bits per heavy atom. The Bertz CT molecular complexity index is 883. The molecule has 0 radical (unpaired) electrons. The Morgan fingerprint density at radius 2 is 1.63 bits per heavy atom. The molecule has 0 aliphatic carbocycles. The fraction of sp³-hybridized carbons (Fsp3) is 0.679. The molecule has 0 aliphatic heterocycles. The number of hydrogen-bond donors (Lipinski definition) is 2. The third-order valence-electron chi connectivity index (χ3n) is 5.68. The van der Waals surface area contributed by atoms with Crippen molar-refractivity contribution in [1.29, 1.82) is 0 Å². The molecule has 3 unspecified atom stereocenters. The lowest BCUT2D eigenvalue weighted by atomic mass is 9.93. The van der Waals surface area contributed by atoms with Gasteiger partial charge in [-0.1, -0.05) is 51.0 Å². The number of ether oxygens (including phenoxy) is 1. The highest BCUT2D eigenvalue weighted by Crippen LogP contribution is 2.28. The third-order valence-corrected chi connectivity index (χ3v) is 5.68. The van der Waals surface area contributed by atoms with Crippen molar-refractivity contribution in [2.75, 3.05) is 6.54 Å². The van der Waals surface area contributed by atoms with Gasteiger partial charge in [0.1, 0.15) is 17.7 Å². The first-order valence-corrected chi connectivity index (χ1v) is 12.7. The molecule has 0 fully saturated rings. The van der Waals surface area contributed by atoms with Crippen molar-refractivity contribution in [3.05, 3.63) is 34.9 Å². The highest BCUT2D eigenvalue weighted by molar-refractivity contribution is 5.92. The lowest BCUT2D eigenvalue weighted by Gasteiger charge is -2.37. The first-order chi connectivity index (χ1) is 16.0. The maximum Gasteiger partial charge on any atom is 0.408 e. The molecule has 198 valence electrons. The predicted octanol–water partition coefficient (Wildman–Crippen LogP) is 5.44. The molecular weight excluding hydrogens is 442 g/mol. The van der Waals surface area contributed by atoms with Gasteiger partial charge >= 0.3 is 6.09 Å². The van der Waals surface area contributed by atoms with Crippen molar-refractivity contribution < 1.29 is 19.1 Å². The number of benzene rings is 1. The number of carbonyl (C=O) groups is 3. The second-order valence-electron chi connectivity index (χ2n) is 11.5. The summed E-state index contributed by atoms with van der Waals surface area (Å²) in [5, 5.41) is 5.86. The Morgan fingerprint density at radius 1 is 1.03 bits per heavy atom. The average Bonchev–Trinajstić information content (AvgIpc) is 2.69. The molecular formula is C28H47N3O4. The summed E-state index contributed by atoms with van der Waals surface area (Å²) in [6.45, 7) is 21.3. The number of carbonyl (C=O) groups excluding carboxylic acids is 3. The van der Waals surface area contributed by atoms with E-state index in [2.05, 4.69) is 10.6 Å². The Balaban J connectivity index is 3.56. The van der Waals surface area contributed by atoms with Crippen LogP contribution in [0.1, 0.15) is 97.9 Å². The molecule has 1 aromatic carbocycles. The van der Waals surface area contributed by atoms with E-state index in [0.29, 0.717) is 19.4 Å². The molecule has 0 bridgehead atoms. The standard InChI is InChI=1S/C28H47N3O4/c1-12-16-31(25(33)22(19(4)13-2)29-26(34)35-28(9,10)11)23(24(32)30-27(6,7)8)21-15-14-18(3)17-20(21)5/h14-15,17,19,22-23H,12-13,16H2,1-11H3,(H,29,34)(H,30,32). The zero-order chi connectivity index (χ0) is 27.1. The van der Waals surface area contributed by atoms with Crippen LogP contribution in [0.25, 0.3) is 0 Å². The molecule has 0 saturated carbocycles. The number of nitrogens with one attached hydrogen (secondary N) is 2. The molecule has 0 saturated heterocycles. The van der Waals surface area contributed by atoms with Crippen LogP contribution in [0, 0.1) is 19.8 Å². The van der Waals surface area contributed by atoms with Gasteiger partial charge in [-0.3, -0.25) is 9.59 Å². The number of nitrogens with zero attached hydrogens (tertiary/aromatic N) is 1. The summed E-state index contributed by atoms with van der Waals surface area (Å²) >= 11 is 0. The van der Waals surface area contributed by atoms with Crippen LogP contribution in [0.4, 0.5) is 4.79 Å². The summed E-state index contributed by atoms with van der Waals surface area (Å²) in [7, 11) is 0. The van der Waals surface area contributed by atoms with Gasteiger partial charge < -0.3 is 20.3 Å². The predicted molar refractivity (Wildman–Crippen MR) is 141 cm³/mol. The molecule has 3 amide bonds. The smallest absolute Gasteiger partial charge is 0.408 e. The van der Waals surface area contributed by atoms with Gasteiger partial charge in [0.25, 0.3) is 0 Å². The van der Waals surface area contributed by atoms with Crippen LogP contribution in [0.15, 0.2) is 18.2 Å². The topological polar surface area (TPSA) is 87.7 Å². The molecule has 3 atom stereocenters. The van der Waals surface area contributed by atoms with E-state index in [1.807, 2.05) is 73.6 Å². The molecule has 2 N–H and O–H groups in total. The van der Waals surface area contributed by atoms with E-state index in [0.717, 1.165) is 16.7 Å². The molecule has 1 rings (SSSR count). The van der Waals surface area contributed by atoms with Gasteiger partial charge in [-0.25, -0.2) is 4.79 Å². The van der Waals surface area contributed by atoms with Crippen LogP contribution in [-0.4, -0.2) is 46.5 Å². The van der Waals surface area contributed by atoms with E-state index in [4.69, 9.17) is 4.74 Å². The summed E-state index contributed by atoms with van der Waals surface area (Å²) in [6.07, 6.45) is 0.694. The first-order valence-electron chi connectivity index (χ1n) is 12.7. The quantitative estimate of drug-likeness (QED) is 0.484. The normalized spacial score (nSPS) is 14.5. The number of alkyl carbamates (subject to hydrolysis) is 1. The van der Waals surface area contributed by atoms with Gasteiger partial charge in [0.15, 0.2) is 0 Å². The zero-order valence-corrected chi connectivity index (χ0v) is 23.7. The van der Waals surface area contributed by atoms with Gasteiger partial charge in [0, 0.05) is 12.1 Å². The van der Waals surface area contributed by atoms with E-state index in [1.54, 1.807) is 25.7 Å². The van der Waals surface area contributed by atoms with E-state index in [1.165, 1.54) is 0 Å². The minimum absolute atomic E-state index is 0.153. The lowest BCUT2D eigenvalue weighted by Crippen LogP contribution is -2.56. The zero-order valence-electron chi connectivity index (χ0n) is 23.7. The number of hydrogen-bond acceptors (Lipinski definition) is 4. The van der Waals surface area contributed by atoms with Crippen molar-refractivity contribution in [2.24, 2.45) is 5.92 Å². The number of aryl methyl sites for hydroxylation is 2. The van der Waals surface area contributed by atoms with E-state index in [9.17, 15) is 14.4 Å². The minimum Gasteiger partial charge on any atom is -0.444 e. The SMILES string of the molecule is CCCN(C(=O)C(NC(=O)OC(C)(C)C)C(C)CC)C(C(=O)NC(C)(C)C)c1ccc(C)cc1C. The van der Waals surface area contributed by atoms with Crippen LogP contribution in [0.5, 0.6) is 0 Å². The maximum absolute atomic E-state index is 14.1. The van der Waals surface area contributed by atoms with Crippen LogP contribution < -0.4 is 10.6 Å². The first kappa shape index (κ1) is 30.5. The fourth-order valence-electron chi connectivity index (χ4n) is 3.92. The Labute approximate surface area is 212 Å². The molecule has 0 heterocycles. The third kappa shape index (κ3) is 9.54. The highest BCUT2D eigenvalue weighted by Gasteiger charge is 2.39. The van der Waals surface area contributed by atoms with Gasteiger partial charge in [-0.2, -0.15) is 0 Å². The maximum atomic E-state index is 14.1. The van der Waals surface area contributed by atoms with Crippen molar-refractivity contribution in [1.82, 2.24) is 15.5 Å². The summed E-state index contributed by atoms with van der Waals surface area (Å²) < 4.78 is 5.44. The molecule has 0 aliphatic rings. The van der Waals surface area contributed by atoms with E-state index in [-0.39, 0.29) is 17.7 Å². The molecule has 0 spiro atoms. The molecule has 35 heavy (non-hydrogen) atoms. The van der Waals surface area contributed by atoms with Crippen LogP contribution in [0.3, 0.4) is 0 Å². The van der Waals surface area contributed by atoms with Crippen LogP contribution in [0.2, 0.25) is 0 Å². The second kappa shape index (κ2) is 12.4. The van der Waals surface area contributed by atoms with Crippen LogP contribution in [-0.2, 0) is 14.3 Å².